The molecule has 0 aliphatic rings. The number of rotatable bonds is 5. The molecule has 0 saturated carbocycles. The summed E-state index contributed by atoms with van der Waals surface area (Å²) in [5.74, 6) is 0.00265. The maximum atomic E-state index is 12.0. The minimum absolute atomic E-state index is 0.111. The molecule has 0 aliphatic heterocycles. The molecule has 0 unspecified atom stereocenters. The Morgan fingerprint density at radius 1 is 1.50 bits per heavy atom. The minimum Gasteiger partial charge on any atom is -0.461 e. The third-order valence-electron chi connectivity index (χ3n) is 2.78. The zero-order valence-corrected chi connectivity index (χ0v) is 12.6. The largest absolute Gasteiger partial charge is 0.461 e. The van der Waals surface area contributed by atoms with Gasteiger partial charge in [0.2, 0.25) is 0 Å². The topological polar surface area (TPSA) is 95.8 Å². The molecule has 0 atom stereocenters. The molecule has 0 amide bonds. The van der Waals surface area contributed by atoms with E-state index in [-0.39, 0.29) is 17.7 Å². The number of aromatic nitrogens is 2. The predicted octanol–water partition coefficient (Wildman–Crippen LogP) is 1.90. The average molecular weight is 315 g/mol. The van der Waals surface area contributed by atoms with Gasteiger partial charge in [0.1, 0.15) is 18.2 Å². The van der Waals surface area contributed by atoms with Gasteiger partial charge in [0.15, 0.2) is 0 Å². The molecule has 0 fully saturated rings. The zero-order chi connectivity index (χ0) is 15.9. The molecule has 22 heavy (non-hydrogen) atoms. The van der Waals surface area contributed by atoms with E-state index >= 15 is 0 Å². The van der Waals surface area contributed by atoms with Crippen LogP contribution in [0.4, 0.5) is 0 Å². The third-order valence-corrected chi connectivity index (χ3v) is 3.69. The van der Waals surface area contributed by atoms with Crippen molar-refractivity contribution in [3.05, 3.63) is 57.6 Å². The maximum Gasteiger partial charge on any atom is 0.339 e. The summed E-state index contributed by atoms with van der Waals surface area (Å²) < 4.78 is 5.15. The molecule has 2 aromatic rings. The molecule has 2 heterocycles. The van der Waals surface area contributed by atoms with Crippen LogP contribution >= 0.6 is 11.8 Å². The quantitative estimate of drug-likeness (QED) is 0.514. The van der Waals surface area contributed by atoms with Gasteiger partial charge in [-0.3, -0.25) is 4.79 Å². The van der Waals surface area contributed by atoms with Crippen LogP contribution in [-0.2, 0) is 4.74 Å². The lowest BCUT2D eigenvalue weighted by atomic mass is 10.1. The van der Waals surface area contributed by atoms with Crippen LogP contribution in [0.25, 0.3) is 0 Å². The molecule has 0 spiro atoms. The van der Waals surface area contributed by atoms with Crippen LogP contribution < -0.4 is 5.56 Å². The summed E-state index contributed by atoms with van der Waals surface area (Å²) in [4.78, 5) is 30.0. The summed E-state index contributed by atoms with van der Waals surface area (Å²) in [7, 11) is 0. The normalized spacial score (nSPS) is 10.0. The molecular formula is C15H13N3O3S. The van der Waals surface area contributed by atoms with Gasteiger partial charge in [-0.2, -0.15) is 5.26 Å². The van der Waals surface area contributed by atoms with Gasteiger partial charge in [0.05, 0.1) is 10.6 Å². The molecule has 0 saturated heterocycles. The van der Waals surface area contributed by atoms with Crippen molar-refractivity contribution >= 4 is 17.7 Å². The Hall–Kier alpha value is -2.59. The number of aromatic amines is 1. The Morgan fingerprint density at radius 2 is 2.32 bits per heavy atom. The van der Waals surface area contributed by atoms with Gasteiger partial charge in [-0.25, -0.2) is 9.78 Å². The first-order valence-corrected chi connectivity index (χ1v) is 7.45. The van der Waals surface area contributed by atoms with E-state index in [1.165, 1.54) is 17.8 Å². The SMILES string of the molecule is Cc1[nH]c(=O)c(C#N)cc1C(=O)OCCSc1ccccn1. The fraction of sp³-hybridized carbons (Fsp3) is 0.200. The van der Waals surface area contributed by atoms with Crippen LogP contribution in [-0.4, -0.2) is 28.3 Å². The number of H-pyrrole nitrogens is 1. The Labute approximate surface area is 131 Å². The van der Waals surface area contributed by atoms with E-state index in [4.69, 9.17) is 10.00 Å². The van der Waals surface area contributed by atoms with E-state index in [9.17, 15) is 9.59 Å². The van der Waals surface area contributed by atoms with E-state index in [0.717, 1.165) is 5.03 Å². The number of nitrogens with zero attached hydrogens (tertiary/aromatic N) is 2. The first-order valence-electron chi connectivity index (χ1n) is 6.47. The van der Waals surface area contributed by atoms with Crippen LogP contribution in [0.1, 0.15) is 21.6 Å². The Kier molecular flexibility index (Phi) is 5.33. The van der Waals surface area contributed by atoms with Crippen LogP contribution in [0.3, 0.4) is 0 Å². The summed E-state index contributed by atoms with van der Waals surface area (Å²) in [6.07, 6.45) is 1.70. The summed E-state index contributed by atoms with van der Waals surface area (Å²) in [5.41, 5.74) is -0.0481. The molecule has 2 aromatic heterocycles. The number of hydrogen-bond donors (Lipinski definition) is 1. The summed E-state index contributed by atoms with van der Waals surface area (Å²) in [6, 6.07) is 8.58. The van der Waals surface area contributed by atoms with Crippen molar-refractivity contribution < 1.29 is 9.53 Å². The number of thioether (sulfide) groups is 1. The highest BCUT2D eigenvalue weighted by Gasteiger charge is 2.14. The van der Waals surface area contributed by atoms with E-state index in [2.05, 4.69) is 9.97 Å². The number of nitriles is 1. The number of carbonyl (C=O) groups excluding carboxylic acids is 1. The second-order valence-electron chi connectivity index (χ2n) is 4.31. The van der Waals surface area contributed by atoms with E-state index < -0.39 is 11.5 Å². The molecule has 0 bridgehead atoms. The fourth-order valence-corrected chi connectivity index (χ4v) is 2.39. The van der Waals surface area contributed by atoms with Crippen molar-refractivity contribution in [2.75, 3.05) is 12.4 Å². The molecule has 0 aromatic carbocycles. The van der Waals surface area contributed by atoms with Crippen molar-refractivity contribution in [1.82, 2.24) is 9.97 Å². The van der Waals surface area contributed by atoms with E-state index in [0.29, 0.717) is 11.4 Å². The highest BCUT2D eigenvalue weighted by Crippen LogP contribution is 2.14. The van der Waals surface area contributed by atoms with Gasteiger partial charge >= 0.3 is 5.97 Å². The van der Waals surface area contributed by atoms with E-state index in [1.807, 2.05) is 18.2 Å². The smallest absolute Gasteiger partial charge is 0.339 e. The van der Waals surface area contributed by atoms with Crippen molar-refractivity contribution in [3.8, 4) is 6.07 Å². The fourth-order valence-electron chi connectivity index (χ4n) is 1.71. The number of hydrogen-bond acceptors (Lipinski definition) is 6. The van der Waals surface area contributed by atoms with Crippen molar-refractivity contribution in [3.63, 3.8) is 0 Å². The molecular weight excluding hydrogens is 302 g/mol. The molecule has 7 heteroatoms. The van der Waals surface area contributed by atoms with Crippen molar-refractivity contribution in [2.45, 2.75) is 11.9 Å². The Morgan fingerprint density at radius 3 is 3.00 bits per heavy atom. The maximum absolute atomic E-state index is 12.0. The molecule has 1 N–H and O–H groups in total. The second kappa shape index (κ2) is 7.43. The molecule has 2 rings (SSSR count). The second-order valence-corrected chi connectivity index (χ2v) is 5.43. The Bertz CT molecular complexity index is 766. The van der Waals surface area contributed by atoms with Gasteiger partial charge in [-0.05, 0) is 25.1 Å². The van der Waals surface area contributed by atoms with Gasteiger partial charge in [-0.1, -0.05) is 6.07 Å². The lowest BCUT2D eigenvalue weighted by molar-refractivity contribution is 0.0529. The van der Waals surface area contributed by atoms with Crippen LogP contribution in [0, 0.1) is 18.3 Å². The Balaban J connectivity index is 1.93. The number of carbonyl (C=O) groups is 1. The third kappa shape index (κ3) is 3.96. The van der Waals surface area contributed by atoms with E-state index in [1.54, 1.807) is 19.2 Å². The zero-order valence-electron chi connectivity index (χ0n) is 11.8. The predicted molar refractivity (Wildman–Crippen MR) is 81.8 cm³/mol. The van der Waals surface area contributed by atoms with Gasteiger partial charge in [0.25, 0.3) is 5.56 Å². The van der Waals surface area contributed by atoms with Crippen molar-refractivity contribution in [2.24, 2.45) is 0 Å². The van der Waals surface area contributed by atoms with Crippen LogP contribution in [0.2, 0.25) is 0 Å². The number of esters is 1. The number of nitrogens with one attached hydrogen (secondary N) is 1. The molecule has 0 radical (unpaired) electrons. The molecule has 6 nitrogen and oxygen atoms in total. The lowest BCUT2D eigenvalue weighted by Gasteiger charge is -2.07. The first-order chi connectivity index (χ1) is 10.6. The highest BCUT2D eigenvalue weighted by atomic mass is 32.2. The minimum atomic E-state index is -0.563. The number of ether oxygens (including phenoxy) is 1. The van der Waals surface area contributed by atoms with Crippen molar-refractivity contribution in [1.29, 1.82) is 5.26 Å². The van der Waals surface area contributed by atoms with Crippen LogP contribution in [0.5, 0.6) is 0 Å². The van der Waals surface area contributed by atoms with Gasteiger partial charge in [0, 0.05) is 17.6 Å². The monoisotopic (exact) mass is 315 g/mol. The number of pyridine rings is 2. The number of aryl methyl sites for hydroxylation is 1. The first kappa shape index (κ1) is 15.8. The lowest BCUT2D eigenvalue weighted by Crippen LogP contribution is -2.17. The molecule has 0 aliphatic carbocycles. The van der Waals surface area contributed by atoms with Gasteiger partial charge in [-0.15, -0.1) is 11.8 Å². The summed E-state index contributed by atoms with van der Waals surface area (Å²) in [5, 5.41) is 9.68. The standard InChI is InChI=1S/C15H13N3O3S/c1-10-12(8-11(9-16)14(19)18-10)15(20)21-6-7-22-13-4-2-3-5-17-13/h2-5,8H,6-7H2,1H3,(H,18,19). The van der Waals surface area contributed by atoms with Crippen LogP contribution in [0.15, 0.2) is 40.3 Å². The van der Waals surface area contributed by atoms with Gasteiger partial charge < -0.3 is 9.72 Å². The highest BCUT2D eigenvalue weighted by molar-refractivity contribution is 7.99. The molecule has 112 valence electrons. The summed E-state index contributed by atoms with van der Waals surface area (Å²) in [6.45, 7) is 1.79. The summed E-state index contributed by atoms with van der Waals surface area (Å²) >= 11 is 1.47. The average Bonchev–Trinajstić information content (AvgIpc) is 2.52.